The zero-order valence-corrected chi connectivity index (χ0v) is 8.62. The first-order valence-corrected chi connectivity index (χ1v) is 4.70. The zero-order valence-electron chi connectivity index (χ0n) is 8.62. The van der Waals surface area contributed by atoms with Gasteiger partial charge in [0.25, 0.3) is 0 Å². The van der Waals surface area contributed by atoms with E-state index in [1.54, 1.807) is 7.11 Å². The van der Waals surface area contributed by atoms with Crippen LogP contribution in [-0.2, 0) is 9.57 Å². The lowest BCUT2D eigenvalue weighted by Gasteiger charge is -2.26. The van der Waals surface area contributed by atoms with E-state index in [0.717, 1.165) is 25.4 Å². The van der Waals surface area contributed by atoms with Gasteiger partial charge in [-0.3, -0.25) is 0 Å². The van der Waals surface area contributed by atoms with E-state index in [2.05, 4.69) is 23.9 Å². The van der Waals surface area contributed by atoms with Crippen molar-refractivity contribution in [1.29, 1.82) is 0 Å². The maximum Gasteiger partial charge on any atom is 0.170 e. The van der Waals surface area contributed by atoms with Gasteiger partial charge in [0.15, 0.2) is 5.84 Å². The second kappa shape index (κ2) is 5.07. The van der Waals surface area contributed by atoms with Crippen LogP contribution in [0.15, 0.2) is 5.16 Å². The fourth-order valence-corrected chi connectivity index (χ4v) is 1.45. The number of hydrogen-bond donors (Lipinski definition) is 0. The number of ether oxygens (including phenoxy) is 1. The monoisotopic (exact) mass is 186 g/mol. The van der Waals surface area contributed by atoms with Gasteiger partial charge in [0.1, 0.15) is 13.7 Å². The van der Waals surface area contributed by atoms with Crippen LogP contribution in [-0.4, -0.2) is 43.6 Å². The molecule has 1 aliphatic rings. The third-order valence-electron chi connectivity index (χ3n) is 2.07. The van der Waals surface area contributed by atoms with Crippen molar-refractivity contribution in [3.05, 3.63) is 0 Å². The van der Waals surface area contributed by atoms with Crippen molar-refractivity contribution in [1.82, 2.24) is 4.90 Å². The Morgan fingerprint density at radius 3 is 2.92 bits per heavy atom. The minimum absolute atomic E-state index is 0.454. The zero-order chi connectivity index (χ0) is 9.68. The first kappa shape index (κ1) is 10.3. The SMILES string of the molecule is CO/N=C1/COCCCN1C(C)C. The first-order valence-electron chi connectivity index (χ1n) is 4.70. The van der Waals surface area contributed by atoms with Crippen molar-refractivity contribution in [3.63, 3.8) is 0 Å². The molecule has 0 aromatic rings. The largest absolute Gasteiger partial charge is 0.398 e. The second-order valence-electron chi connectivity index (χ2n) is 3.38. The predicted molar refractivity (Wildman–Crippen MR) is 51.7 cm³/mol. The van der Waals surface area contributed by atoms with Gasteiger partial charge in [0, 0.05) is 19.2 Å². The lowest BCUT2D eigenvalue weighted by Crippen LogP contribution is -2.38. The van der Waals surface area contributed by atoms with Crippen LogP contribution in [0, 0.1) is 0 Å². The normalized spacial score (nSPS) is 22.2. The van der Waals surface area contributed by atoms with E-state index < -0.39 is 0 Å². The summed E-state index contributed by atoms with van der Waals surface area (Å²) in [4.78, 5) is 7.00. The molecule has 76 valence electrons. The molecule has 0 amide bonds. The Hall–Kier alpha value is -0.770. The quantitative estimate of drug-likeness (QED) is 0.605. The molecule has 1 aliphatic heterocycles. The van der Waals surface area contributed by atoms with Crippen LogP contribution >= 0.6 is 0 Å². The Labute approximate surface area is 79.5 Å². The van der Waals surface area contributed by atoms with Gasteiger partial charge in [-0.1, -0.05) is 5.16 Å². The molecule has 0 saturated carbocycles. The van der Waals surface area contributed by atoms with Gasteiger partial charge >= 0.3 is 0 Å². The summed E-state index contributed by atoms with van der Waals surface area (Å²) in [5, 5.41) is 3.96. The van der Waals surface area contributed by atoms with Crippen LogP contribution in [0.1, 0.15) is 20.3 Å². The molecule has 1 saturated heterocycles. The second-order valence-corrected chi connectivity index (χ2v) is 3.38. The molecule has 0 radical (unpaired) electrons. The smallest absolute Gasteiger partial charge is 0.170 e. The molecule has 0 bridgehead atoms. The molecule has 4 nitrogen and oxygen atoms in total. The summed E-state index contributed by atoms with van der Waals surface area (Å²) in [5.74, 6) is 0.898. The highest BCUT2D eigenvalue weighted by Crippen LogP contribution is 2.06. The molecular formula is C9H18N2O2. The summed E-state index contributed by atoms with van der Waals surface area (Å²) in [6.45, 7) is 6.67. The van der Waals surface area contributed by atoms with Crippen LogP contribution in [0.2, 0.25) is 0 Å². The summed E-state index contributed by atoms with van der Waals surface area (Å²) >= 11 is 0. The Morgan fingerprint density at radius 1 is 1.54 bits per heavy atom. The van der Waals surface area contributed by atoms with Crippen molar-refractivity contribution in [2.45, 2.75) is 26.3 Å². The Morgan fingerprint density at radius 2 is 2.31 bits per heavy atom. The molecule has 4 heteroatoms. The highest BCUT2D eigenvalue weighted by Gasteiger charge is 2.18. The Kier molecular flexibility index (Phi) is 4.02. The highest BCUT2D eigenvalue weighted by atomic mass is 16.6. The van der Waals surface area contributed by atoms with Gasteiger partial charge in [-0.25, -0.2) is 0 Å². The van der Waals surface area contributed by atoms with Gasteiger partial charge in [0.05, 0.1) is 0 Å². The summed E-state index contributed by atoms with van der Waals surface area (Å²) in [6.07, 6.45) is 1.06. The van der Waals surface area contributed by atoms with Crippen LogP contribution in [0.25, 0.3) is 0 Å². The third-order valence-corrected chi connectivity index (χ3v) is 2.07. The van der Waals surface area contributed by atoms with E-state index in [9.17, 15) is 0 Å². The highest BCUT2D eigenvalue weighted by molar-refractivity contribution is 5.83. The lowest BCUT2D eigenvalue weighted by molar-refractivity contribution is 0.167. The van der Waals surface area contributed by atoms with Crippen molar-refractivity contribution >= 4 is 5.84 Å². The minimum Gasteiger partial charge on any atom is -0.398 e. The fourth-order valence-electron chi connectivity index (χ4n) is 1.45. The van der Waals surface area contributed by atoms with Crippen molar-refractivity contribution in [2.24, 2.45) is 5.16 Å². The Bertz CT molecular complexity index is 180. The summed E-state index contributed by atoms with van der Waals surface area (Å²) < 4.78 is 5.39. The summed E-state index contributed by atoms with van der Waals surface area (Å²) in [6, 6.07) is 0.454. The van der Waals surface area contributed by atoms with Gasteiger partial charge in [-0.15, -0.1) is 0 Å². The molecular weight excluding hydrogens is 168 g/mol. The summed E-state index contributed by atoms with van der Waals surface area (Å²) in [7, 11) is 1.57. The predicted octanol–water partition coefficient (Wildman–Crippen LogP) is 1.08. The molecule has 0 spiro atoms. The van der Waals surface area contributed by atoms with Crippen LogP contribution in [0.3, 0.4) is 0 Å². The van der Waals surface area contributed by atoms with Gasteiger partial charge in [-0.2, -0.15) is 0 Å². The maximum absolute atomic E-state index is 5.39. The topological polar surface area (TPSA) is 34.1 Å². The standard InChI is InChI=1S/C9H18N2O2/c1-8(2)11-5-4-6-13-7-9(11)10-12-3/h8H,4-7H2,1-3H3/b10-9-. The Balaban J connectivity index is 2.67. The molecule has 1 heterocycles. The van der Waals surface area contributed by atoms with E-state index in [1.165, 1.54) is 0 Å². The van der Waals surface area contributed by atoms with Gasteiger partial charge in [-0.05, 0) is 20.3 Å². The van der Waals surface area contributed by atoms with E-state index in [1.807, 2.05) is 0 Å². The van der Waals surface area contributed by atoms with Crippen molar-refractivity contribution in [3.8, 4) is 0 Å². The molecule has 1 rings (SSSR count). The number of amidine groups is 1. The molecule has 0 atom stereocenters. The van der Waals surface area contributed by atoms with Gasteiger partial charge < -0.3 is 14.5 Å². The van der Waals surface area contributed by atoms with Gasteiger partial charge in [0.2, 0.25) is 0 Å². The molecule has 0 unspecified atom stereocenters. The van der Waals surface area contributed by atoms with E-state index in [4.69, 9.17) is 9.57 Å². The average Bonchev–Trinajstić information content (AvgIpc) is 2.30. The molecule has 0 aliphatic carbocycles. The number of oxime groups is 1. The summed E-state index contributed by atoms with van der Waals surface area (Å²) in [5.41, 5.74) is 0. The fraction of sp³-hybridized carbons (Fsp3) is 0.889. The first-order chi connectivity index (χ1) is 6.25. The molecule has 0 aromatic carbocycles. The molecule has 0 aromatic heterocycles. The minimum atomic E-state index is 0.454. The number of nitrogens with zero attached hydrogens (tertiary/aromatic N) is 2. The van der Waals surface area contributed by atoms with Crippen LogP contribution < -0.4 is 0 Å². The van der Waals surface area contributed by atoms with Crippen molar-refractivity contribution in [2.75, 3.05) is 26.9 Å². The third kappa shape index (κ3) is 2.88. The molecule has 1 fully saturated rings. The molecule has 13 heavy (non-hydrogen) atoms. The van der Waals surface area contributed by atoms with E-state index >= 15 is 0 Å². The average molecular weight is 186 g/mol. The number of hydrogen-bond acceptors (Lipinski definition) is 3. The van der Waals surface area contributed by atoms with E-state index in [-0.39, 0.29) is 0 Å². The van der Waals surface area contributed by atoms with E-state index in [0.29, 0.717) is 12.6 Å². The van der Waals surface area contributed by atoms with Crippen molar-refractivity contribution < 1.29 is 9.57 Å². The number of rotatable bonds is 2. The maximum atomic E-state index is 5.39. The lowest BCUT2D eigenvalue weighted by atomic mass is 10.3. The van der Waals surface area contributed by atoms with Crippen LogP contribution in [0.4, 0.5) is 0 Å². The molecule has 0 N–H and O–H groups in total. The van der Waals surface area contributed by atoms with Crippen LogP contribution in [0.5, 0.6) is 0 Å².